The highest BCUT2D eigenvalue weighted by molar-refractivity contribution is 5.58. The summed E-state index contributed by atoms with van der Waals surface area (Å²) in [5, 5.41) is 3.22. The topological polar surface area (TPSA) is 53.5 Å². The second-order valence-electron chi connectivity index (χ2n) is 7.85. The second kappa shape index (κ2) is 6.93. The minimum Gasteiger partial charge on any atom is -0.378 e. The van der Waals surface area contributed by atoms with E-state index in [9.17, 15) is 8.78 Å². The molecule has 0 aliphatic carbocycles. The molecule has 5 heterocycles. The molecule has 0 radical (unpaired) electrons. The molecule has 148 valence electrons. The van der Waals surface area contributed by atoms with E-state index in [4.69, 9.17) is 4.74 Å². The van der Waals surface area contributed by atoms with Crippen LogP contribution in [0.25, 0.3) is 0 Å². The Labute approximate surface area is 162 Å². The molecule has 1 N–H and O–H groups in total. The molecule has 3 saturated heterocycles. The first-order valence-corrected chi connectivity index (χ1v) is 9.70. The molecule has 2 aromatic heterocycles. The third-order valence-corrected chi connectivity index (χ3v) is 5.77. The number of alkyl halides is 2. The van der Waals surface area contributed by atoms with Gasteiger partial charge in [-0.1, -0.05) is 6.07 Å². The first-order chi connectivity index (χ1) is 13.6. The molecule has 0 spiro atoms. The van der Waals surface area contributed by atoms with Gasteiger partial charge in [-0.15, -0.1) is 0 Å². The van der Waals surface area contributed by atoms with Gasteiger partial charge in [-0.05, 0) is 29.8 Å². The van der Waals surface area contributed by atoms with E-state index in [1.165, 1.54) is 0 Å². The van der Waals surface area contributed by atoms with Gasteiger partial charge >= 0.3 is 0 Å². The lowest BCUT2D eigenvalue weighted by Crippen LogP contribution is -2.58. The van der Waals surface area contributed by atoms with Gasteiger partial charge in [0.25, 0.3) is 5.92 Å². The van der Waals surface area contributed by atoms with Crippen LogP contribution in [0.4, 0.5) is 26.2 Å². The van der Waals surface area contributed by atoms with Gasteiger partial charge in [-0.3, -0.25) is 4.90 Å². The van der Waals surface area contributed by atoms with Crippen LogP contribution in [-0.2, 0) is 4.74 Å². The number of pyridine rings is 2. The summed E-state index contributed by atoms with van der Waals surface area (Å²) in [5.74, 6) is -0.323. The SMILES string of the molecule is FC1(F)CCN(c2cc(C3CN(C4COC4)C3)cc(Nc3ccccn3)n2)C1. The van der Waals surface area contributed by atoms with Crippen molar-refractivity contribution >= 4 is 17.5 Å². The molecule has 3 fully saturated rings. The van der Waals surface area contributed by atoms with Gasteiger partial charge in [0.1, 0.15) is 17.5 Å². The summed E-state index contributed by atoms with van der Waals surface area (Å²) < 4.78 is 32.7. The number of hydrogen-bond donors (Lipinski definition) is 1. The van der Waals surface area contributed by atoms with Gasteiger partial charge in [-0.25, -0.2) is 18.7 Å². The molecule has 2 aromatic rings. The van der Waals surface area contributed by atoms with Crippen molar-refractivity contribution in [3.63, 3.8) is 0 Å². The van der Waals surface area contributed by atoms with Crippen LogP contribution >= 0.6 is 0 Å². The molecule has 8 heteroatoms. The maximum atomic E-state index is 13.7. The molecule has 0 bridgehead atoms. The number of nitrogens with one attached hydrogen (secondary N) is 1. The van der Waals surface area contributed by atoms with Crippen molar-refractivity contribution in [3.05, 3.63) is 42.1 Å². The smallest absolute Gasteiger partial charge is 0.266 e. The fourth-order valence-corrected chi connectivity index (χ4v) is 3.95. The number of anilines is 3. The second-order valence-corrected chi connectivity index (χ2v) is 7.85. The van der Waals surface area contributed by atoms with Crippen LogP contribution < -0.4 is 10.2 Å². The number of rotatable bonds is 5. The maximum absolute atomic E-state index is 13.7. The highest BCUT2D eigenvalue weighted by atomic mass is 19.3. The van der Waals surface area contributed by atoms with E-state index in [0.717, 1.165) is 31.9 Å². The zero-order valence-corrected chi connectivity index (χ0v) is 15.5. The Hall–Kier alpha value is -2.32. The molecule has 0 aromatic carbocycles. The fourth-order valence-electron chi connectivity index (χ4n) is 3.95. The lowest BCUT2D eigenvalue weighted by Gasteiger charge is -2.47. The van der Waals surface area contributed by atoms with Crippen LogP contribution in [0.5, 0.6) is 0 Å². The van der Waals surface area contributed by atoms with Crippen molar-refractivity contribution in [2.24, 2.45) is 0 Å². The van der Waals surface area contributed by atoms with Gasteiger partial charge in [0, 0.05) is 38.2 Å². The van der Waals surface area contributed by atoms with Crippen LogP contribution in [0.1, 0.15) is 17.9 Å². The van der Waals surface area contributed by atoms with Crippen LogP contribution in [-0.4, -0.2) is 66.2 Å². The van der Waals surface area contributed by atoms with E-state index < -0.39 is 5.92 Å². The zero-order chi connectivity index (χ0) is 19.1. The Morgan fingerprint density at radius 3 is 2.64 bits per heavy atom. The summed E-state index contributed by atoms with van der Waals surface area (Å²) in [4.78, 5) is 13.0. The van der Waals surface area contributed by atoms with Crippen molar-refractivity contribution in [1.82, 2.24) is 14.9 Å². The Morgan fingerprint density at radius 2 is 2.00 bits per heavy atom. The Balaban J connectivity index is 1.39. The van der Waals surface area contributed by atoms with E-state index in [0.29, 0.717) is 36.0 Å². The largest absolute Gasteiger partial charge is 0.378 e. The standard InChI is InChI=1S/C20H23F2N5O/c21-20(22)4-6-26(13-20)19-8-14(15-9-27(10-15)16-11-28-12-16)7-18(25-19)24-17-3-1-2-5-23-17/h1-3,5,7-8,15-16H,4,6,9-13H2,(H,23,24,25). The molecule has 0 amide bonds. The van der Waals surface area contributed by atoms with Crippen LogP contribution in [0.3, 0.4) is 0 Å². The summed E-state index contributed by atoms with van der Waals surface area (Å²) >= 11 is 0. The van der Waals surface area contributed by atoms with E-state index in [1.54, 1.807) is 11.1 Å². The average molecular weight is 387 g/mol. The van der Waals surface area contributed by atoms with Crippen molar-refractivity contribution in [2.45, 2.75) is 24.3 Å². The molecule has 3 aliphatic heterocycles. The normalized spacial score (nSPS) is 22.7. The third-order valence-electron chi connectivity index (χ3n) is 5.77. The quantitative estimate of drug-likeness (QED) is 0.852. The molecule has 0 saturated carbocycles. The van der Waals surface area contributed by atoms with Crippen LogP contribution in [0.15, 0.2) is 36.5 Å². The highest BCUT2D eigenvalue weighted by Crippen LogP contribution is 2.36. The lowest BCUT2D eigenvalue weighted by molar-refractivity contribution is -0.0906. The monoisotopic (exact) mass is 387 g/mol. The first kappa shape index (κ1) is 17.8. The molecular weight excluding hydrogens is 364 g/mol. The minimum absolute atomic E-state index is 0.124. The highest BCUT2D eigenvalue weighted by Gasteiger charge is 2.40. The maximum Gasteiger partial charge on any atom is 0.266 e. The van der Waals surface area contributed by atoms with E-state index in [1.807, 2.05) is 30.3 Å². The van der Waals surface area contributed by atoms with Crippen LogP contribution in [0, 0.1) is 0 Å². The summed E-state index contributed by atoms with van der Waals surface area (Å²) in [5.41, 5.74) is 1.13. The summed E-state index contributed by atoms with van der Waals surface area (Å²) in [6, 6.07) is 10.1. The van der Waals surface area contributed by atoms with Gasteiger partial charge in [0.15, 0.2) is 0 Å². The average Bonchev–Trinajstić information content (AvgIpc) is 2.96. The predicted octanol–water partition coefficient (Wildman–Crippen LogP) is 2.86. The molecule has 3 aliphatic rings. The van der Waals surface area contributed by atoms with Crippen LogP contribution in [0.2, 0.25) is 0 Å². The van der Waals surface area contributed by atoms with Gasteiger partial charge in [0.05, 0.1) is 25.8 Å². The molecule has 0 atom stereocenters. The number of nitrogens with zero attached hydrogens (tertiary/aromatic N) is 4. The number of ether oxygens (including phenoxy) is 1. The zero-order valence-electron chi connectivity index (χ0n) is 15.5. The fraction of sp³-hybridized carbons (Fsp3) is 0.500. The van der Waals surface area contributed by atoms with E-state index in [-0.39, 0.29) is 13.0 Å². The number of likely N-dealkylation sites (tertiary alicyclic amines) is 1. The molecule has 5 rings (SSSR count). The summed E-state index contributed by atoms with van der Waals surface area (Å²) in [6.45, 7) is 3.60. The molecule has 0 unspecified atom stereocenters. The Bertz CT molecular complexity index is 840. The lowest BCUT2D eigenvalue weighted by atomic mass is 9.90. The Morgan fingerprint density at radius 1 is 1.14 bits per heavy atom. The van der Waals surface area contributed by atoms with Gasteiger partial charge < -0.3 is 15.0 Å². The van der Waals surface area contributed by atoms with Crippen molar-refractivity contribution in [3.8, 4) is 0 Å². The van der Waals surface area contributed by atoms with Gasteiger partial charge in [-0.2, -0.15) is 0 Å². The number of aromatic nitrogens is 2. The Kier molecular flexibility index (Phi) is 4.40. The molecule has 28 heavy (non-hydrogen) atoms. The number of hydrogen-bond acceptors (Lipinski definition) is 6. The molecule has 6 nitrogen and oxygen atoms in total. The van der Waals surface area contributed by atoms with E-state index in [2.05, 4.69) is 20.2 Å². The van der Waals surface area contributed by atoms with Crippen molar-refractivity contribution < 1.29 is 13.5 Å². The van der Waals surface area contributed by atoms with Crippen molar-refractivity contribution in [2.75, 3.05) is 49.6 Å². The van der Waals surface area contributed by atoms with E-state index >= 15 is 0 Å². The predicted molar refractivity (Wildman–Crippen MR) is 102 cm³/mol. The van der Waals surface area contributed by atoms with Crippen molar-refractivity contribution in [1.29, 1.82) is 0 Å². The number of halogens is 2. The molecular formula is C20H23F2N5O. The summed E-state index contributed by atoms with van der Waals surface area (Å²) in [7, 11) is 0. The first-order valence-electron chi connectivity index (χ1n) is 9.70. The summed E-state index contributed by atoms with van der Waals surface area (Å²) in [6.07, 6.45) is 1.58. The third kappa shape index (κ3) is 3.54. The minimum atomic E-state index is -2.65. The van der Waals surface area contributed by atoms with Gasteiger partial charge in [0.2, 0.25) is 0 Å².